The molecule has 1 N–H and O–H groups in total. The number of nitrogens with zero attached hydrogens (tertiary/aromatic N) is 1. The molecule has 21 heavy (non-hydrogen) atoms. The zero-order chi connectivity index (χ0) is 15.6. The van der Waals surface area contributed by atoms with Crippen LogP contribution in [0.3, 0.4) is 0 Å². The van der Waals surface area contributed by atoms with E-state index in [-0.39, 0.29) is 24.5 Å². The largest absolute Gasteiger partial charge is 0.496 e. The van der Waals surface area contributed by atoms with Crippen LogP contribution < -0.4 is 4.74 Å². The minimum Gasteiger partial charge on any atom is -0.496 e. The molecule has 0 aliphatic carbocycles. The third-order valence-electron chi connectivity index (χ3n) is 4.15. The number of rotatable bonds is 5. The molecule has 3 unspecified atom stereocenters. The van der Waals surface area contributed by atoms with Crippen molar-refractivity contribution in [2.75, 3.05) is 27.4 Å². The maximum absolute atomic E-state index is 14.1. The zero-order valence-corrected chi connectivity index (χ0v) is 12.4. The van der Waals surface area contributed by atoms with Gasteiger partial charge in [-0.1, -0.05) is 6.07 Å². The average molecular weight is 297 g/mol. The van der Waals surface area contributed by atoms with E-state index >= 15 is 0 Å². The van der Waals surface area contributed by atoms with Crippen LogP contribution >= 0.6 is 0 Å². The lowest BCUT2D eigenvalue weighted by Crippen LogP contribution is -2.42. The Kier molecular flexibility index (Phi) is 4.80. The SMILES string of the molecule is COc1cccc(F)c1C(C)N(C)C1COCC1C(=O)O. The van der Waals surface area contributed by atoms with Gasteiger partial charge in [0.1, 0.15) is 11.6 Å². The number of carboxylic acids is 1. The molecule has 3 atom stereocenters. The molecule has 6 heteroatoms. The minimum atomic E-state index is -0.892. The average Bonchev–Trinajstić information content (AvgIpc) is 2.95. The third kappa shape index (κ3) is 3.01. The minimum absolute atomic E-state index is 0.186. The highest BCUT2D eigenvalue weighted by molar-refractivity contribution is 5.71. The van der Waals surface area contributed by atoms with Crippen molar-refractivity contribution >= 4 is 5.97 Å². The van der Waals surface area contributed by atoms with Crippen molar-refractivity contribution in [3.8, 4) is 5.75 Å². The molecule has 0 spiro atoms. The molecule has 0 saturated carbocycles. The van der Waals surface area contributed by atoms with Gasteiger partial charge in [0.25, 0.3) is 0 Å². The smallest absolute Gasteiger partial charge is 0.310 e. The number of methoxy groups -OCH3 is 1. The van der Waals surface area contributed by atoms with Crippen LogP contribution in [0.1, 0.15) is 18.5 Å². The van der Waals surface area contributed by atoms with Crippen molar-refractivity contribution < 1.29 is 23.8 Å². The van der Waals surface area contributed by atoms with E-state index in [0.717, 1.165) is 0 Å². The van der Waals surface area contributed by atoms with E-state index in [2.05, 4.69) is 0 Å². The first kappa shape index (κ1) is 15.7. The van der Waals surface area contributed by atoms with E-state index in [9.17, 15) is 14.3 Å². The van der Waals surface area contributed by atoms with E-state index in [1.807, 2.05) is 11.8 Å². The summed E-state index contributed by atoms with van der Waals surface area (Å²) in [5.41, 5.74) is 0.429. The highest BCUT2D eigenvalue weighted by Crippen LogP contribution is 2.34. The molecule has 1 fully saturated rings. The lowest BCUT2D eigenvalue weighted by atomic mass is 9.98. The second-order valence-corrected chi connectivity index (χ2v) is 5.25. The fraction of sp³-hybridized carbons (Fsp3) is 0.533. The second kappa shape index (κ2) is 6.41. The summed E-state index contributed by atoms with van der Waals surface area (Å²) in [6.45, 7) is 2.35. The normalized spacial score (nSPS) is 23.3. The zero-order valence-electron chi connectivity index (χ0n) is 12.4. The van der Waals surface area contributed by atoms with Gasteiger partial charge in [0.05, 0.1) is 26.2 Å². The molecule has 2 rings (SSSR count). The van der Waals surface area contributed by atoms with Crippen LogP contribution in [-0.2, 0) is 9.53 Å². The molecule has 0 amide bonds. The Morgan fingerprint density at radius 1 is 1.52 bits per heavy atom. The summed E-state index contributed by atoms with van der Waals surface area (Å²) in [5, 5.41) is 9.23. The van der Waals surface area contributed by atoms with Crippen LogP contribution in [0.4, 0.5) is 4.39 Å². The summed E-state index contributed by atoms with van der Waals surface area (Å²) in [6.07, 6.45) is 0. The van der Waals surface area contributed by atoms with E-state index in [4.69, 9.17) is 9.47 Å². The second-order valence-electron chi connectivity index (χ2n) is 5.25. The highest BCUT2D eigenvalue weighted by Gasteiger charge is 2.39. The van der Waals surface area contributed by atoms with Gasteiger partial charge in [0.15, 0.2) is 0 Å². The molecular formula is C15H20FNO4. The van der Waals surface area contributed by atoms with E-state index < -0.39 is 11.9 Å². The number of benzene rings is 1. The fourth-order valence-electron chi connectivity index (χ4n) is 2.77. The summed E-state index contributed by atoms with van der Waals surface area (Å²) >= 11 is 0. The van der Waals surface area contributed by atoms with Gasteiger partial charge in [-0.3, -0.25) is 9.69 Å². The Morgan fingerprint density at radius 2 is 2.24 bits per heavy atom. The highest BCUT2D eigenvalue weighted by atomic mass is 19.1. The molecule has 0 aromatic heterocycles. The monoisotopic (exact) mass is 297 g/mol. The first-order valence-corrected chi connectivity index (χ1v) is 6.82. The summed E-state index contributed by atoms with van der Waals surface area (Å²) in [6, 6.07) is 4.05. The number of hydrogen-bond acceptors (Lipinski definition) is 4. The lowest BCUT2D eigenvalue weighted by molar-refractivity contribution is -0.143. The van der Waals surface area contributed by atoms with Gasteiger partial charge in [0.2, 0.25) is 0 Å². The van der Waals surface area contributed by atoms with E-state index in [0.29, 0.717) is 17.9 Å². The molecule has 1 aromatic rings. The van der Waals surface area contributed by atoms with Crippen molar-refractivity contribution in [2.24, 2.45) is 5.92 Å². The molecular weight excluding hydrogens is 277 g/mol. The van der Waals surface area contributed by atoms with Crippen LogP contribution in [0.5, 0.6) is 5.75 Å². The number of aliphatic carboxylic acids is 1. The van der Waals surface area contributed by atoms with Gasteiger partial charge >= 0.3 is 5.97 Å². The molecule has 1 aliphatic heterocycles. The predicted molar refractivity (Wildman–Crippen MR) is 74.9 cm³/mol. The first-order valence-electron chi connectivity index (χ1n) is 6.82. The van der Waals surface area contributed by atoms with Crippen molar-refractivity contribution in [3.05, 3.63) is 29.6 Å². The predicted octanol–water partition coefficient (Wildman–Crippen LogP) is 1.93. The maximum atomic E-state index is 14.1. The quantitative estimate of drug-likeness (QED) is 0.900. The molecule has 1 heterocycles. The van der Waals surface area contributed by atoms with Crippen LogP contribution in [0.2, 0.25) is 0 Å². The molecule has 5 nitrogen and oxygen atoms in total. The summed E-state index contributed by atoms with van der Waals surface area (Å²) in [5.74, 6) is -1.40. The van der Waals surface area contributed by atoms with Crippen molar-refractivity contribution in [3.63, 3.8) is 0 Å². The number of likely N-dealkylation sites (N-methyl/N-ethyl adjacent to an activating group) is 1. The lowest BCUT2D eigenvalue weighted by Gasteiger charge is -2.32. The number of carboxylic acid groups (broad SMARTS) is 1. The Balaban J connectivity index is 2.27. The number of halogens is 1. The number of hydrogen-bond donors (Lipinski definition) is 1. The topological polar surface area (TPSA) is 59.0 Å². The van der Waals surface area contributed by atoms with Gasteiger partial charge in [-0.2, -0.15) is 0 Å². The molecule has 116 valence electrons. The Morgan fingerprint density at radius 3 is 2.86 bits per heavy atom. The summed E-state index contributed by atoms with van der Waals surface area (Å²) < 4.78 is 24.6. The Labute approximate surface area is 123 Å². The summed E-state index contributed by atoms with van der Waals surface area (Å²) in [4.78, 5) is 13.1. The Bertz CT molecular complexity index is 522. The van der Waals surface area contributed by atoms with Gasteiger partial charge in [-0.25, -0.2) is 4.39 Å². The van der Waals surface area contributed by atoms with Gasteiger partial charge < -0.3 is 14.6 Å². The van der Waals surface area contributed by atoms with Gasteiger partial charge in [0, 0.05) is 17.6 Å². The van der Waals surface area contributed by atoms with Crippen LogP contribution in [-0.4, -0.2) is 49.4 Å². The molecule has 1 aliphatic rings. The van der Waals surface area contributed by atoms with Crippen LogP contribution in [0.15, 0.2) is 18.2 Å². The fourth-order valence-corrected chi connectivity index (χ4v) is 2.77. The standard InChI is InChI=1S/C15H20FNO4/c1-9(14-11(16)5-4-6-13(14)20-3)17(2)12-8-21-7-10(12)15(18)19/h4-6,9-10,12H,7-8H2,1-3H3,(H,18,19). The maximum Gasteiger partial charge on any atom is 0.310 e. The third-order valence-corrected chi connectivity index (χ3v) is 4.15. The molecule has 1 aromatic carbocycles. The van der Waals surface area contributed by atoms with E-state index in [1.54, 1.807) is 19.2 Å². The van der Waals surface area contributed by atoms with Crippen LogP contribution in [0.25, 0.3) is 0 Å². The molecule has 1 saturated heterocycles. The number of ether oxygens (including phenoxy) is 2. The Hall–Kier alpha value is -1.66. The van der Waals surface area contributed by atoms with E-state index in [1.165, 1.54) is 13.2 Å². The van der Waals surface area contributed by atoms with Gasteiger partial charge in [-0.05, 0) is 26.1 Å². The first-order chi connectivity index (χ1) is 9.97. The van der Waals surface area contributed by atoms with Crippen LogP contribution in [0, 0.1) is 11.7 Å². The number of carbonyl (C=O) groups is 1. The van der Waals surface area contributed by atoms with Crippen molar-refractivity contribution in [1.82, 2.24) is 4.90 Å². The molecule has 0 bridgehead atoms. The molecule has 0 radical (unpaired) electrons. The summed E-state index contributed by atoms with van der Waals surface area (Å²) in [7, 11) is 3.27. The van der Waals surface area contributed by atoms with Crippen molar-refractivity contribution in [2.45, 2.75) is 19.0 Å². The van der Waals surface area contributed by atoms with Crippen molar-refractivity contribution in [1.29, 1.82) is 0 Å². The van der Waals surface area contributed by atoms with Gasteiger partial charge in [-0.15, -0.1) is 0 Å².